The van der Waals surface area contributed by atoms with E-state index in [1.54, 1.807) is 12.1 Å². The number of hydrazone groups is 1. The Labute approximate surface area is 211 Å². The molecule has 0 spiro atoms. The van der Waals surface area contributed by atoms with Crippen LogP contribution in [0.15, 0.2) is 41.5 Å². The van der Waals surface area contributed by atoms with Crippen LogP contribution < -0.4 is 15.5 Å². The lowest BCUT2D eigenvalue weighted by atomic mass is 10.0. The minimum Gasteiger partial charge on any atom is -0.479 e. The summed E-state index contributed by atoms with van der Waals surface area (Å²) in [6.45, 7) is 5.32. The summed E-state index contributed by atoms with van der Waals surface area (Å²) in [7, 11) is 0. The fraction of sp³-hybridized carbons (Fsp3) is 0.318. The highest BCUT2D eigenvalue weighted by Crippen LogP contribution is 2.28. The van der Waals surface area contributed by atoms with E-state index in [0.29, 0.717) is 17.0 Å². The predicted molar refractivity (Wildman–Crippen MR) is 132 cm³/mol. The Balaban J connectivity index is 2.04. The van der Waals surface area contributed by atoms with E-state index in [0.717, 1.165) is 0 Å². The number of nitrogens with one attached hydrogen (secondary N) is 2. The van der Waals surface area contributed by atoms with Crippen LogP contribution in [0.5, 0.6) is 5.75 Å². The highest BCUT2D eigenvalue weighted by atomic mass is 35.5. The van der Waals surface area contributed by atoms with E-state index < -0.39 is 28.9 Å². The topological polar surface area (TPSA) is 123 Å². The molecule has 12 heteroatoms. The van der Waals surface area contributed by atoms with Gasteiger partial charge in [0.2, 0.25) is 0 Å². The number of carbonyl (C=O) groups is 2. The van der Waals surface area contributed by atoms with Crippen molar-refractivity contribution < 1.29 is 19.2 Å². The molecule has 0 aliphatic heterocycles. The third kappa shape index (κ3) is 8.16. The minimum absolute atomic E-state index is 0.0119. The summed E-state index contributed by atoms with van der Waals surface area (Å²) in [5.74, 6) is -0.719. The highest BCUT2D eigenvalue weighted by molar-refractivity contribution is 6.35. The van der Waals surface area contributed by atoms with Crippen LogP contribution in [0.25, 0.3) is 0 Å². The van der Waals surface area contributed by atoms with E-state index in [1.807, 2.05) is 13.8 Å². The molecule has 2 aromatic rings. The number of ether oxygens (including phenoxy) is 1. The maximum Gasteiger partial charge on any atom is 0.288 e. The van der Waals surface area contributed by atoms with E-state index in [4.69, 9.17) is 39.5 Å². The first-order chi connectivity index (χ1) is 16.0. The van der Waals surface area contributed by atoms with Crippen LogP contribution in [0.4, 0.5) is 5.69 Å². The molecule has 2 rings (SSSR count). The Morgan fingerprint density at radius 2 is 1.79 bits per heavy atom. The maximum absolute atomic E-state index is 12.7. The third-order valence-electron chi connectivity index (χ3n) is 4.46. The van der Waals surface area contributed by atoms with E-state index >= 15 is 0 Å². The second-order valence-corrected chi connectivity index (χ2v) is 8.98. The molecule has 0 bridgehead atoms. The highest BCUT2D eigenvalue weighted by Gasteiger charge is 2.25. The Hall–Kier alpha value is -2.88. The molecule has 2 amide bonds. The molecular formula is C22H23Cl3N4O5. The molecule has 0 radical (unpaired) electrons. The van der Waals surface area contributed by atoms with Gasteiger partial charge in [-0.25, -0.2) is 5.43 Å². The molecule has 0 saturated heterocycles. The number of nitro groups is 1. The van der Waals surface area contributed by atoms with Gasteiger partial charge in [-0.3, -0.25) is 19.7 Å². The summed E-state index contributed by atoms with van der Waals surface area (Å²) in [6.07, 6.45) is 0.636. The minimum atomic E-state index is -0.945. The molecule has 0 saturated carbocycles. The van der Waals surface area contributed by atoms with Crippen molar-refractivity contribution in [1.29, 1.82) is 0 Å². The SMILES string of the molecule is CC(C)C[C@@H](NC(=O)[C@H](C)Oc1ccc(Cl)cc1Cl)C(=O)N/N=C\c1ccc(Cl)c([N+](=O)[O-])c1. The summed E-state index contributed by atoms with van der Waals surface area (Å²) >= 11 is 17.7. The van der Waals surface area contributed by atoms with Gasteiger partial charge in [-0.1, -0.05) is 54.7 Å². The van der Waals surface area contributed by atoms with E-state index in [-0.39, 0.29) is 27.4 Å². The van der Waals surface area contributed by atoms with Gasteiger partial charge in [0.25, 0.3) is 17.5 Å². The Kier molecular flexibility index (Phi) is 10.1. The second-order valence-electron chi connectivity index (χ2n) is 7.73. The Morgan fingerprint density at radius 3 is 2.41 bits per heavy atom. The lowest BCUT2D eigenvalue weighted by Crippen LogP contribution is -2.49. The van der Waals surface area contributed by atoms with Crippen molar-refractivity contribution in [2.45, 2.75) is 39.3 Å². The summed E-state index contributed by atoms with van der Waals surface area (Å²) in [5, 5.41) is 18.2. The number of nitrogens with zero attached hydrogens (tertiary/aromatic N) is 2. The Morgan fingerprint density at radius 1 is 1.09 bits per heavy atom. The first-order valence-corrected chi connectivity index (χ1v) is 11.3. The van der Waals surface area contributed by atoms with Crippen molar-refractivity contribution in [3.63, 3.8) is 0 Å². The molecule has 2 N–H and O–H groups in total. The first-order valence-electron chi connectivity index (χ1n) is 10.2. The van der Waals surface area contributed by atoms with Crippen molar-refractivity contribution >= 4 is 58.5 Å². The number of amides is 2. The van der Waals surface area contributed by atoms with Crippen molar-refractivity contribution in [1.82, 2.24) is 10.7 Å². The average molecular weight is 530 g/mol. The molecular weight excluding hydrogens is 507 g/mol. The molecule has 2 aromatic carbocycles. The van der Waals surface area contributed by atoms with Gasteiger partial charge in [-0.15, -0.1) is 0 Å². The van der Waals surface area contributed by atoms with Gasteiger partial charge in [0.05, 0.1) is 16.2 Å². The van der Waals surface area contributed by atoms with Gasteiger partial charge in [-0.2, -0.15) is 5.10 Å². The van der Waals surface area contributed by atoms with E-state index in [9.17, 15) is 19.7 Å². The molecule has 0 aliphatic rings. The van der Waals surface area contributed by atoms with Crippen LogP contribution in [-0.4, -0.2) is 35.1 Å². The van der Waals surface area contributed by atoms with Crippen LogP contribution in [0.1, 0.15) is 32.8 Å². The Bertz CT molecular complexity index is 1090. The molecule has 34 heavy (non-hydrogen) atoms. The molecule has 0 aromatic heterocycles. The van der Waals surface area contributed by atoms with Gasteiger partial charge in [0.15, 0.2) is 6.10 Å². The lowest BCUT2D eigenvalue weighted by molar-refractivity contribution is -0.384. The number of benzene rings is 2. The van der Waals surface area contributed by atoms with E-state index in [2.05, 4.69) is 15.8 Å². The number of nitro benzene ring substituents is 1. The lowest BCUT2D eigenvalue weighted by Gasteiger charge is -2.22. The van der Waals surface area contributed by atoms with Crippen LogP contribution in [0, 0.1) is 16.0 Å². The fourth-order valence-corrected chi connectivity index (χ4v) is 3.44. The maximum atomic E-state index is 12.7. The van der Waals surface area contributed by atoms with E-state index in [1.165, 1.54) is 37.4 Å². The van der Waals surface area contributed by atoms with Gasteiger partial charge >= 0.3 is 0 Å². The number of carbonyl (C=O) groups excluding carboxylic acids is 2. The summed E-state index contributed by atoms with van der Waals surface area (Å²) < 4.78 is 5.60. The third-order valence-corrected chi connectivity index (χ3v) is 5.31. The molecule has 0 heterocycles. The molecule has 9 nitrogen and oxygen atoms in total. The number of rotatable bonds is 10. The van der Waals surface area contributed by atoms with Crippen LogP contribution >= 0.6 is 34.8 Å². The quantitative estimate of drug-likeness (QED) is 0.255. The summed E-state index contributed by atoms with van der Waals surface area (Å²) in [6, 6.07) is 7.82. The largest absolute Gasteiger partial charge is 0.479 e. The average Bonchev–Trinajstić information content (AvgIpc) is 2.75. The van der Waals surface area contributed by atoms with Gasteiger partial charge in [0, 0.05) is 16.7 Å². The monoisotopic (exact) mass is 528 g/mol. The zero-order valence-corrected chi connectivity index (χ0v) is 20.8. The van der Waals surface area contributed by atoms with Crippen molar-refractivity contribution in [3.05, 3.63) is 67.1 Å². The molecule has 0 unspecified atom stereocenters. The van der Waals surface area contributed by atoms with Gasteiger partial charge < -0.3 is 10.1 Å². The fourth-order valence-electron chi connectivity index (χ4n) is 2.81. The molecule has 0 fully saturated rings. The standard InChI is InChI=1S/C22H23Cl3N4O5/c1-12(2)8-18(27-21(30)13(3)34-20-7-5-15(23)10-17(20)25)22(31)28-26-11-14-4-6-16(24)19(9-14)29(32)33/h4-7,9-13,18H,8H2,1-3H3,(H,27,30)(H,28,31)/b26-11-/t13-,18+/m0/s1. The van der Waals surface area contributed by atoms with Crippen LogP contribution in [-0.2, 0) is 9.59 Å². The van der Waals surface area contributed by atoms with Crippen molar-refractivity contribution in [3.8, 4) is 5.75 Å². The predicted octanol–water partition coefficient (Wildman–Crippen LogP) is 5.00. The smallest absolute Gasteiger partial charge is 0.288 e. The normalized spacial score (nSPS) is 12.9. The molecule has 182 valence electrons. The summed E-state index contributed by atoms with van der Waals surface area (Å²) in [5.41, 5.74) is 2.43. The first kappa shape index (κ1) is 27.4. The van der Waals surface area contributed by atoms with Gasteiger partial charge in [-0.05, 0) is 43.5 Å². The second kappa shape index (κ2) is 12.5. The number of halogens is 3. The molecule has 2 atom stereocenters. The van der Waals surface area contributed by atoms with Gasteiger partial charge in [0.1, 0.15) is 16.8 Å². The van der Waals surface area contributed by atoms with Crippen LogP contribution in [0.3, 0.4) is 0 Å². The zero-order chi connectivity index (χ0) is 25.4. The van der Waals surface area contributed by atoms with Crippen LogP contribution in [0.2, 0.25) is 15.1 Å². The van der Waals surface area contributed by atoms with Crippen molar-refractivity contribution in [2.24, 2.45) is 11.0 Å². The number of hydrogen-bond donors (Lipinski definition) is 2. The number of hydrogen-bond acceptors (Lipinski definition) is 6. The zero-order valence-electron chi connectivity index (χ0n) is 18.6. The summed E-state index contributed by atoms with van der Waals surface area (Å²) in [4.78, 5) is 35.7. The van der Waals surface area contributed by atoms with Crippen molar-refractivity contribution in [2.75, 3.05) is 0 Å². The molecule has 0 aliphatic carbocycles.